The number of carbonyl (C=O) groups excluding carboxylic acids is 1. The van der Waals surface area contributed by atoms with Crippen molar-refractivity contribution in [3.8, 4) is 6.07 Å². The standard InChI is InChI=1S/C13H15BrN2O/c1-10(2)16(7-3-6-15)13-5-4-11(9-17)8-12(13)14/h4-5,8-10H,3,7H2,1-2H3. The number of nitriles is 1. The van der Waals surface area contributed by atoms with Gasteiger partial charge in [0, 0.05) is 22.6 Å². The minimum atomic E-state index is 0.307. The minimum Gasteiger partial charge on any atom is -0.367 e. The van der Waals surface area contributed by atoms with Crippen LogP contribution in [0.2, 0.25) is 0 Å². The van der Waals surface area contributed by atoms with Gasteiger partial charge in [0.15, 0.2) is 0 Å². The molecule has 0 fully saturated rings. The molecule has 17 heavy (non-hydrogen) atoms. The summed E-state index contributed by atoms with van der Waals surface area (Å²) >= 11 is 3.47. The highest BCUT2D eigenvalue weighted by Crippen LogP contribution is 2.28. The Morgan fingerprint density at radius 1 is 1.53 bits per heavy atom. The number of rotatable bonds is 5. The summed E-state index contributed by atoms with van der Waals surface area (Å²) in [5.74, 6) is 0. The third-order valence-corrected chi connectivity index (χ3v) is 3.14. The maximum absolute atomic E-state index is 10.7. The predicted molar refractivity (Wildman–Crippen MR) is 72.2 cm³/mol. The van der Waals surface area contributed by atoms with Crippen LogP contribution in [0.15, 0.2) is 22.7 Å². The Kier molecular flexibility index (Phi) is 5.17. The third kappa shape index (κ3) is 3.57. The van der Waals surface area contributed by atoms with Crippen LogP contribution in [-0.4, -0.2) is 18.9 Å². The lowest BCUT2D eigenvalue weighted by Crippen LogP contribution is -2.31. The number of carbonyl (C=O) groups is 1. The molecule has 0 atom stereocenters. The normalized spacial score (nSPS) is 10.1. The second-order valence-corrected chi connectivity index (χ2v) is 4.88. The van der Waals surface area contributed by atoms with E-state index in [0.717, 1.165) is 16.4 Å². The van der Waals surface area contributed by atoms with Crippen molar-refractivity contribution in [2.45, 2.75) is 26.3 Å². The zero-order chi connectivity index (χ0) is 12.8. The molecule has 3 nitrogen and oxygen atoms in total. The van der Waals surface area contributed by atoms with Crippen LogP contribution in [0.5, 0.6) is 0 Å². The molecule has 0 saturated carbocycles. The van der Waals surface area contributed by atoms with Crippen LogP contribution in [0.4, 0.5) is 5.69 Å². The van der Waals surface area contributed by atoms with Gasteiger partial charge in [-0.25, -0.2) is 0 Å². The van der Waals surface area contributed by atoms with Gasteiger partial charge in [-0.15, -0.1) is 0 Å². The summed E-state index contributed by atoms with van der Waals surface area (Å²) in [5.41, 5.74) is 1.66. The first kappa shape index (κ1) is 13.7. The Balaban J connectivity index is 3.02. The first-order valence-electron chi connectivity index (χ1n) is 5.48. The average molecular weight is 295 g/mol. The lowest BCUT2D eigenvalue weighted by Gasteiger charge is -2.29. The van der Waals surface area contributed by atoms with Crippen molar-refractivity contribution in [1.82, 2.24) is 0 Å². The molecule has 90 valence electrons. The summed E-state index contributed by atoms with van der Waals surface area (Å²) < 4.78 is 0.883. The van der Waals surface area contributed by atoms with Gasteiger partial charge in [-0.05, 0) is 48.0 Å². The second kappa shape index (κ2) is 6.41. The van der Waals surface area contributed by atoms with Crippen molar-refractivity contribution in [2.75, 3.05) is 11.4 Å². The maximum Gasteiger partial charge on any atom is 0.150 e. The molecule has 0 aliphatic rings. The molecule has 0 N–H and O–H groups in total. The van der Waals surface area contributed by atoms with Crippen LogP contribution in [0.1, 0.15) is 30.6 Å². The molecule has 1 rings (SSSR count). The van der Waals surface area contributed by atoms with Crippen molar-refractivity contribution < 1.29 is 4.79 Å². The smallest absolute Gasteiger partial charge is 0.150 e. The molecule has 0 aliphatic heterocycles. The molecular formula is C13H15BrN2O. The molecule has 0 radical (unpaired) electrons. The number of aldehydes is 1. The van der Waals surface area contributed by atoms with E-state index in [1.54, 1.807) is 12.1 Å². The van der Waals surface area contributed by atoms with Crippen molar-refractivity contribution in [3.63, 3.8) is 0 Å². The van der Waals surface area contributed by atoms with Crippen LogP contribution in [0, 0.1) is 11.3 Å². The van der Waals surface area contributed by atoms with Gasteiger partial charge in [0.1, 0.15) is 6.29 Å². The first-order valence-corrected chi connectivity index (χ1v) is 6.27. The summed E-state index contributed by atoms with van der Waals surface area (Å²) in [7, 11) is 0. The minimum absolute atomic E-state index is 0.307. The monoisotopic (exact) mass is 294 g/mol. The molecule has 0 unspecified atom stereocenters. The van der Waals surface area contributed by atoms with E-state index in [-0.39, 0.29) is 0 Å². The van der Waals surface area contributed by atoms with Crippen LogP contribution in [0.25, 0.3) is 0 Å². The van der Waals surface area contributed by atoms with Gasteiger partial charge in [-0.2, -0.15) is 5.26 Å². The molecule has 0 saturated heterocycles. The summed E-state index contributed by atoms with van der Waals surface area (Å²) in [4.78, 5) is 12.8. The molecular weight excluding hydrogens is 280 g/mol. The van der Waals surface area contributed by atoms with E-state index >= 15 is 0 Å². The van der Waals surface area contributed by atoms with Gasteiger partial charge in [0.05, 0.1) is 18.2 Å². The fourth-order valence-corrected chi connectivity index (χ4v) is 2.28. The van der Waals surface area contributed by atoms with E-state index in [4.69, 9.17) is 5.26 Å². The fourth-order valence-electron chi connectivity index (χ4n) is 1.66. The van der Waals surface area contributed by atoms with Crippen LogP contribution in [0.3, 0.4) is 0 Å². The van der Waals surface area contributed by atoms with Gasteiger partial charge in [-0.1, -0.05) is 0 Å². The van der Waals surface area contributed by atoms with Crippen molar-refractivity contribution in [1.29, 1.82) is 5.26 Å². The largest absolute Gasteiger partial charge is 0.367 e. The van der Waals surface area contributed by atoms with E-state index in [2.05, 4.69) is 40.7 Å². The second-order valence-electron chi connectivity index (χ2n) is 4.02. The highest BCUT2D eigenvalue weighted by molar-refractivity contribution is 9.10. The Labute approximate surface area is 110 Å². The molecule has 0 aliphatic carbocycles. The number of hydrogen-bond donors (Lipinski definition) is 0. The number of halogens is 1. The summed E-state index contributed by atoms with van der Waals surface area (Å²) in [6.45, 7) is 4.85. The average Bonchev–Trinajstić information content (AvgIpc) is 2.30. The lowest BCUT2D eigenvalue weighted by molar-refractivity contribution is 0.112. The quantitative estimate of drug-likeness (QED) is 0.782. The SMILES string of the molecule is CC(C)N(CCC#N)c1ccc(C=O)cc1Br. The molecule has 0 aromatic heterocycles. The molecule has 4 heteroatoms. The maximum atomic E-state index is 10.7. The van der Waals surface area contributed by atoms with Crippen LogP contribution in [-0.2, 0) is 0 Å². The summed E-state index contributed by atoms with van der Waals surface area (Å²) in [6, 6.07) is 7.95. The number of anilines is 1. The van der Waals surface area contributed by atoms with Crippen molar-refractivity contribution in [3.05, 3.63) is 28.2 Å². The number of hydrogen-bond acceptors (Lipinski definition) is 3. The van der Waals surface area contributed by atoms with E-state index in [9.17, 15) is 4.79 Å². The van der Waals surface area contributed by atoms with Crippen molar-refractivity contribution >= 4 is 27.9 Å². The van der Waals surface area contributed by atoms with E-state index < -0.39 is 0 Å². The molecule has 0 spiro atoms. The predicted octanol–water partition coefficient (Wildman–Crippen LogP) is 3.39. The van der Waals surface area contributed by atoms with Gasteiger partial charge in [-0.3, -0.25) is 4.79 Å². The van der Waals surface area contributed by atoms with Gasteiger partial charge in [0.2, 0.25) is 0 Å². The Hall–Kier alpha value is -1.34. The highest BCUT2D eigenvalue weighted by atomic mass is 79.9. The molecule has 1 aromatic rings. The van der Waals surface area contributed by atoms with Gasteiger partial charge in [0.25, 0.3) is 0 Å². The number of nitrogens with zero attached hydrogens (tertiary/aromatic N) is 2. The zero-order valence-corrected chi connectivity index (χ0v) is 11.6. The Bertz CT molecular complexity index is 438. The van der Waals surface area contributed by atoms with E-state index in [1.165, 1.54) is 0 Å². The molecule has 1 aromatic carbocycles. The molecule has 0 bridgehead atoms. The first-order chi connectivity index (χ1) is 8.10. The zero-order valence-electron chi connectivity index (χ0n) is 9.98. The van der Waals surface area contributed by atoms with Gasteiger partial charge >= 0.3 is 0 Å². The summed E-state index contributed by atoms with van der Waals surface area (Å²) in [6.07, 6.45) is 1.31. The van der Waals surface area contributed by atoms with Crippen LogP contribution >= 0.6 is 15.9 Å². The fraction of sp³-hybridized carbons (Fsp3) is 0.385. The van der Waals surface area contributed by atoms with Crippen molar-refractivity contribution in [2.24, 2.45) is 0 Å². The molecule has 0 amide bonds. The van der Waals surface area contributed by atoms with Crippen LogP contribution < -0.4 is 4.90 Å². The van der Waals surface area contributed by atoms with E-state index in [1.807, 2.05) is 6.07 Å². The Morgan fingerprint density at radius 3 is 2.71 bits per heavy atom. The highest BCUT2D eigenvalue weighted by Gasteiger charge is 2.13. The topological polar surface area (TPSA) is 44.1 Å². The lowest BCUT2D eigenvalue weighted by atomic mass is 10.2. The van der Waals surface area contributed by atoms with Gasteiger partial charge < -0.3 is 4.90 Å². The van der Waals surface area contributed by atoms with E-state index in [0.29, 0.717) is 24.6 Å². The third-order valence-electron chi connectivity index (χ3n) is 2.51. The Morgan fingerprint density at radius 2 is 2.24 bits per heavy atom. The summed E-state index contributed by atoms with van der Waals surface area (Å²) in [5, 5.41) is 8.66. The number of benzene rings is 1. The molecule has 0 heterocycles.